The van der Waals surface area contributed by atoms with Gasteiger partial charge in [-0.05, 0) is 35.8 Å². The first-order valence-electron chi connectivity index (χ1n) is 7.60. The van der Waals surface area contributed by atoms with Crippen molar-refractivity contribution in [2.45, 2.75) is 39.7 Å². The van der Waals surface area contributed by atoms with E-state index >= 15 is 0 Å². The zero-order chi connectivity index (χ0) is 13.7. The molecule has 2 nitrogen and oxygen atoms in total. The van der Waals surface area contributed by atoms with Gasteiger partial charge in [-0.15, -0.1) is 0 Å². The van der Waals surface area contributed by atoms with Crippen LogP contribution in [0.4, 0.5) is 0 Å². The van der Waals surface area contributed by atoms with E-state index in [4.69, 9.17) is 4.74 Å². The first kappa shape index (κ1) is 14.5. The zero-order valence-electron chi connectivity index (χ0n) is 12.5. The van der Waals surface area contributed by atoms with Crippen molar-refractivity contribution in [3.63, 3.8) is 0 Å². The molecule has 1 aromatic rings. The topological polar surface area (TPSA) is 21.3 Å². The average molecular weight is 261 g/mol. The molecule has 0 bridgehead atoms. The summed E-state index contributed by atoms with van der Waals surface area (Å²) in [6.07, 6.45) is 2.31. The summed E-state index contributed by atoms with van der Waals surface area (Å²) < 4.78 is 5.45. The van der Waals surface area contributed by atoms with Crippen LogP contribution in [0.5, 0.6) is 0 Å². The van der Waals surface area contributed by atoms with Crippen LogP contribution >= 0.6 is 0 Å². The molecule has 0 amide bonds. The van der Waals surface area contributed by atoms with Gasteiger partial charge < -0.3 is 10.1 Å². The maximum atomic E-state index is 5.45. The lowest BCUT2D eigenvalue weighted by Crippen LogP contribution is -2.30. The number of benzene rings is 1. The molecule has 2 atom stereocenters. The van der Waals surface area contributed by atoms with Gasteiger partial charge in [0.05, 0.1) is 6.61 Å². The van der Waals surface area contributed by atoms with Crippen LogP contribution in [0.2, 0.25) is 0 Å². The Balaban J connectivity index is 1.97. The van der Waals surface area contributed by atoms with E-state index in [9.17, 15) is 0 Å². The monoisotopic (exact) mass is 261 g/mol. The molecule has 0 radical (unpaired) electrons. The Morgan fingerprint density at radius 3 is 2.53 bits per heavy atom. The molecule has 1 heterocycles. The second-order valence-corrected chi connectivity index (χ2v) is 5.95. The lowest BCUT2D eigenvalue weighted by atomic mass is 9.94. The number of aryl methyl sites for hydroxylation is 1. The van der Waals surface area contributed by atoms with E-state index in [1.165, 1.54) is 17.5 Å². The summed E-state index contributed by atoms with van der Waals surface area (Å²) >= 11 is 0. The number of hydrogen-bond donors (Lipinski definition) is 1. The molecule has 2 heteroatoms. The van der Waals surface area contributed by atoms with Gasteiger partial charge in [0, 0.05) is 19.2 Å². The van der Waals surface area contributed by atoms with E-state index in [1.54, 1.807) is 0 Å². The van der Waals surface area contributed by atoms with Crippen LogP contribution < -0.4 is 5.32 Å². The third kappa shape index (κ3) is 4.05. The third-order valence-corrected chi connectivity index (χ3v) is 4.06. The van der Waals surface area contributed by atoms with Crippen molar-refractivity contribution in [2.75, 3.05) is 19.8 Å². The van der Waals surface area contributed by atoms with Crippen molar-refractivity contribution in [3.8, 4) is 0 Å². The van der Waals surface area contributed by atoms with Crippen LogP contribution in [-0.4, -0.2) is 19.8 Å². The van der Waals surface area contributed by atoms with Crippen molar-refractivity contribution in [1.29, 1.82) is 0 Å². The SMILES string of the molecule is CCc1ccc(C(NCC2CCOC2)C(C)C)cc1. The minimum Gasteiger partial charge on any atom is -0.381 e. The summed E-state index contributed by atoms with van der Waals surface area (Å²) in [6, 6.07) is 9.52. The largest absolute Gasteiger partial charge is 0.381 e. The molecule has 0 spiro atoms. The molecule has 0 saturated carbocycles. The van der Waals surface area contributed by atoms with E-state index in [2.05, 4.69) is 50.4 Å². The Labute approximate surface area is 117 Å². The number of nitrogens with one attached hydrogen (secondary N) is 1. The lowest BCUT2D eigenvalue weighted by Gasteiger charge is -2.24. The first-order chi connectivity index (χ1) is 9.20. The maximum Gasteiger partial charge on any atom is 0.0507 e. The molecule has 1 aliphatic heterocycles. The number of rotatable bonds is 6. The molecule has 106 valence electrons. The van der Waals surface area contributed by atoms with Crippen LogP contribution in [0.1, 0.15) is 44.4 Å². The highest BCUT2D eigenvalue weighted by Crippen LogP contribution is 2.23. The van der Waals surface area contributed by atoms with E-state index in [-0.39, 0.29) is 0 Å². The van der Waals surface area contributed by atoms with Gasteiger partial charge in [0.1, 0.15) is 0 Å². The molecule has 1 N–H and O–H groups in total. The predicted octanol–water partition coefficient (Wildman–Crippen LogP) is 3.57. The fraction of sp³-hybridized carbons (Fsp3) is 0.647. The van der Waals surface area contributed by atoms with Crippen LogP contribution in [0.3, 0.4) is 0 Å². The number of ether oxygens (including phenoxy) is 1. The van der Waals surface area contributed by atoms with Gasteiger partial charge >= 0.3 is 0 Å². The standard InChI is InChI=1S/C17H27NO/c1-4-14-5-7-16(8-6-14)17(13(2)3)18-11-15-9-10-19-12-15/h5-8,13,15,17-18H,4,9-12H2,1-3H3. The van der Waals surface area contributed by atoms with Gasteiger partial charge in [-0.25, -0.2) is 0 Å². The summed E-state index contributed by atoms with van der Waals surface area (Å²) in [5.74, 6) is 1.30. The van der Waals surface area contributed by atoms with Gasteiger partial charge in [-0.2, -0.15) is 0 Å². The van der Waals surface area contributed by atoms with Gasteiger partial charge in [-0.3, -0.25) is 0 Å². The predicted molar refractivity (Wildman–Crippen MR) is 80.3 cm³/mol. The average Bonchev–Trinajstić information content (AvgIpc) is 2.92. The molecule has 0 aliphatic carbocycles. The molecular formula is C17H27NO. The quantitative estimate of drug-likeness (QED) is 0.845. The smallest absolute Gasteiger partial charge is 0.0507 e. The molecule has 2 unspecified atom stereocenters. The van der Waals surface area contributed by atoms with E-state index < -0.39 is 0 Å². The summed E-state index contributed by atoms with van der Waals surface area (Å²) in [6.45, 7) is 9.70. The summed E-state index contributed by atoms with van der Waals surface area (Å²) in [7, 11) is 0. The highest BCUT2D eigenvalue weighted by Gasteiger charge is 2.20. The van der Waals surface area contributed by atoms with Gasteiger partial charge in [-0.1, -0.05) is 45.0 Å². The summed E-state index contributed by atoms with van der Waals surface area (Å²) in [5, 5.41) is 3.73. The van der Waals surface area contributed by atoms with Gasteiger partial charge in [0.15, 0.2) is 0 Å². The normalized spacial score (nSPS) is 20.9. The number of hydrogen-bond acceptors (Lipinski definition) is 2. The Morgan fingerprint density at radius 2 is 2.00 bits per heavy atom. The minimum absolute atomic E-state index is 0.450. The van der Waals surface area contributed by atoms with Crippen molar-refractivity contribution in [2.24, 2.45) is 11.8 Å². The Hall–Kier alpha value is -0.860. The second kappa shape index (κ2) is 7.06. The van der Waals surface area contributed by atoms with Crippen LogP contribution in [0.25, 0.3) is 0 Å². The fourth-order valence-corrected chi connectivity index (χ4v) is 2.74. The highest BCUT2D eigenvalue weighted by molar-refractivity contribution is 5.25. The minimum atomic E-state index is 0.450. The third-order valence-electron chi connectivity index (χ3n) is 4.06. The first-order valence-corrected chi connectivity index (χ1v) is 7.60. The van der Waals surface area contributed by atoms with Crippen LogP contribution in [0.15, 0.2) is 24.3 Å². The van der Waals surface area contributed by atoms with Crippen molar-refractivity contribution in [3.05, 3.63) is 35.4 Å². The molecule has 0 aromatic heterocycles. The van der Waals surface area contributed by atoms with Gasteiger partial charge in [0.2, 0.25) is 0 Å². The second-order valence-electron chi connectivity index (χ2n) is 5.95. The van der Waals surface area contributed by atoms with Crippen molar-refractivity contribution in [1.82, 2.24) is 5.32 Å². The van der Waals surface area contributed by atoms with Crippen molar-refractivity contribution < 1.29 is 4.74 Å². The highest BCUT2D eigenvalue weighted by atomic mass is 16.5. The molecule has 19 heavy (non-hydrogen) atoms. The van der Waals surface area contributed by atoms with Gasteiger partial charge in [0.25, 0.3) is 0 Å². The van der Waals surface area contributed by atoms with Crippen molar-refractivity contribution >= 4 is 0 Å². The van der Waals surface area contributed by atoms with E-state index in [0.29, 0.717) is 17.9 Å². The van der Waals surface area contributed by atoms with Crippen LogP contribution in [-0.2, 0) is 11.2 Å². The molecular weight excluding hydrogens is 234 g/mol. The van der Waals surface area contributed by atoms with Crippen LogP contribution in [0, 0.1) is 11.8 Å². The molecule has 1 aliphatic rings. The van der Waals surface area contributed by atoms with E-state index in [1.807, 2.05) is 0 Å². The zero-order valence-corrected chi connectivity index (χ0v) is 12.5. The molecule has 2 rings (SSSR count). The Morgan fingerprint density at radius 1 is 1.26 bits per heavy atom. The Bertz CT molecular complexity index is 365. The molecule has 1 fully saturated rings. The summed E-state index contributed by atoms with van der Waals surface area (Å²) in [5.41, 5.74) is 2.82. The molecule has 1 saturated heterocycles. The summed E-state index contributed by atoms with van der Waals surface area (Å²) in [4.78, 5) is 0. The molecule has 1 aromatic carbocycles. The lowest BCUT2D eigenvalue weighted by molar-refractivity contribution is 0.184. The van der Waals surface area contributed by atoms with E-state index in [0.717, 1.165) is 26.2 Å². The Kier molecular flexibility index (Phi) is 5.41. The fourth-order valence-electron chi connectivity index (χ4n) is 2.74. The maximum absolute atomic E-state index is 5.45.